The summed E-state index contributed by atoms with van der Waals surface area (Å²) in [4.78, 5) is 38.5. The Bertz CT molecular complexity index is 684. The third-order valence-corrected chi connectivity index (χ3v) is 5.05. The number of imide groups is 1. The van der Waals surface area contributed by atoms with Crippen LogP contribution in [-0.2, 0) is 19.1 Å². The maximum absolute atomic E-state index is 12.6. The summed E-state index contributed by atoms with van der Waals surface area (Å²) in [5.74, 6) is -2.47. The Hall–Kier alpha value is -2.21. The highest BCUT2D eigenvalue weighted by Crippen LogP contribution is 2.48. The molecule has 2 aliphatic rings. The summed E-state index contributed by atoms with van der Waals surface area (Å²) in [6.45, 7) is 3.61. The van der Waals surface area contributed by atoms with Gasteiger partial charge in [0.25, 0.3) is 0 Å². The van der Waals surface area contributed by atoms with Gasteiger partial charge in [-0.3, -0.25) is 24.6 Å². The number of rotatable bonds is 2. The number of benzene rings is 1. The molecule has 122 valence electrons. The number of esters is 1. The Morgan fingerprint density at radius 1 is 1.22 bits per heavy atom. The molecule has 2 aliphatic heterocycles. The van der Waals surface area contributed by atoms with Crippen molar-refractivity contribution in [2.75, 3.05) is 14.2 Å². The molecule has 2 amide bonds. The molecule has 1 N–H and O–H groups in total. The maximum Gasteiger partial charge on any atom is 0.326 e. The number of hydrogen-bond acceptors (Lipinski definition) is 5. The van der Waals surface area contributed by atoms with E-state index in [1.165, 1.54) is 14.2 Å². The second-order valence-corrected chi connectivity index (χ2v) is 6.47. The number of aryl methyl sites for hydroxylation is 1. The van der Waals surface area contributed by atoms with Crippen molar-refractivity contribution in [1.29, 1.82) is 0 Å². The largest absolute Gasteiger partial charge is 0.468 e. The van der Waals surface area contributed by atoms with E-state index in [9.17, 15) is 14.4 Å². The molecule has 1 aromatic rings. The smallest absolute Gasteiger partial charge is 0.326 e. The number of ether oxygens (including phenoxy) is 1. The van der Waals surface area contributed by atoms with E-state index in [2.05, 4.69) is 5.32 Å². The van der Waals surface area contributed by atoms with Gasteiger partial charge in [-0.2, -0.15) is 0 Å². The third-order valence-electron chi connectivity index (χ3n) is 5.05. The molecule has 2 fully saturated rings. The molecule has 2 saturated heterocycles. The second-order valence-electron chi connectivity index (χ2n) is 6.47. The van der Waals surface area contributed by atoms with Crippen LogP contribution in [0.2, 0.25) is 0 Å². The van der Waals surface area contributed by atoms with Gasteiger partial charge in [-0.05, 0) is 19.4 Å². The average Bonchev–Trinajstić information content (AvgIpc) is 2.97. The molecule has 0 aromatic heterocycles. The number of fused-ring (bicyclic) bond motifs is 1. The van der Waals surface area contributed by atoms with E-state index in [1.807, 2.05) is 31.2 Å². The lowest BCUT2D eigenvalue weighted by atomic mass is 9.80. The number of nitrogens with zero attached hydrogens (tertiary/aromatic N) is 1. The van der Waals surface area contributed by atoms with E-state index >= 15 is 0 Å². The van der Waals surface area contributed by atoms with Crippen molar-refractivity contribution >= 4 is 17.8 Å². The van der Waals surface area contributed by atoms with Gasteiger partial charge in [0.1, 0.15) is 5.54 Å². The Balaban J connectivity index is 2.09. The molecule has 0 unspecified atom stereocenters. The highest BCUT2D eigenvalue weighted by atomic mass is 16.5. The average molecular weight is 316 g/mol. The minimum Gasteiger partial charge on any atom is -0.468 e. The van der Waals surface area contributed by atoms with Crippen LogP contribution in [0.3, 0.4) is 0 Å². The molecule has 6 heteroatoms. The SMILES string of the molecule is COC(=O)[C@]1(C)N[C@H](c2ccc(C)cc2)[C@H]2C(=O)N(C)C(=O)[C@@H]21. The highest BCUT2D eigenvalue weighted by molar-refractivity contribution is 6.09. The van der Waals surface area contributed by atoms with E-state index in [4.69, 9.17) is 4.74 Å². The predicted molar refractivity (Wildman–Crippen MR) is 82.2 cm³/mol. The van der Waals surface area contributed by atoms with E-state index in [1.54, 1.807) is 6.92 Å². The second kappa shape index (κ2) is 5.16. The third kappa shape index (κ3) is 2.09. The van der Waals surface area contributed by atoms with Gasteiger partial charge in [0.2, 0.25) is 11.8 Å². The van der Waals surface area contributed by atoms with Crippen LogP contribution in [-0.4, -0.2) is 42.4 Å². The van der Waals surface area contributed by atoms with Crippen LogP contribution in [0, 0.1) is 18.8 Å². The van der Waals surface area contributed by atoms with Gasteiger partial charge < -0.3 is 4.74 Å². The number of nitrogens with one attached hydrogen (secondary N) is 1. The summed E-state index contributed by atoms with van der Waals surface area (Å²) in [6.07, 6.45) is 0. The monoisotopic (exact) mass is 316 g/mol. The van der Waals surface area contributed by atoms with Crippen molar-refractivity contribution in [2.24, 2.45) is 11.8 Å². The molecule has 0 saturated carbocycles. The molecular weight excluding hydrogens is 296 g/mol. The predicted octanol–water partition coefficient (Wildman–Crippen LogP) is 0.802. The van der Waals surface area contributed by atoms with Crippen molar-refractivity contribution in [1.82, 2.24) is 10.2 Å². The van der Waals surface area contributed by atoms with Crippen LogP contribution >= 0.6 is 0 Å². The minimum absolute atomic E-state index is 0.259. The van der Waals surface area contributed by atoms with E-state index in [-0.39, 0.29) is 11.8 Å². The summed E-state index contributed by atoms with van der Waals surface area (Å²) in [5, 5.41) is 3.19. The zero-order valence-corrected chi connectivity index (χ0v) is 13.6. The summed E-state index contributed by atoms with van der Waals surface area (Å²) >= 11 is 0. The van der Waals surface area contributed by atoms with Crippen molar-refractivity contribution in [2.45, 2.75) is 25.4 Å². The Kier molecular flexibility index (Phi) is 3.52. The van der Waals surface area contributed by atoms with E-state index in [0.717, 1.165) is 16.0 Å². The number of carbonyl (C=O) groups is 3. The van der Waals surface area contributed by atoms with Gasteiger partial charge in [-0.15, -0.1) is 0 Å². The van der Waals surface area contributed by atoms with E-state index < -0.39 is 29.4 Å². The van der Waals surface area contributed by atoms with Crippen molar-refractivity contribution in [3.8, 4) is 0 Å². The van der Waals surface area contributed by atoms with E-state index in [0.29, 0.717) is 0 Å². The molecule has 2 heterocycles. The quantitative estimate of drug-likeness (QED) is 0.645. The molecule has 0 bridgehead atoms. The van der Waals surface area contributed by atoms with Gasteiger partial charge in [0.15, 0.2) is 0 Å². The summed E-state index contributed by atoms with van der Waals surface area (Å²) in [5.41, 5.74) is 0.770. The Labute approximate surface area is 134 Å². The maximum atomic E-state index is 12.6. The molecule has 0 spiro atoms. The fourth-order valence-corrected chi connectivity index (χ4v) is 3.74. The van der Waals surface area contributed by atoms with Crippen molar-refractivity contribution in [3.05, 3.63) is 35.4 Å². The number of likely N-dealkylation sites (tertiary alicyclic amines) is 1. The Morgan fingerprint density at radius 2 is 1.83 bits per heavy atom. The van der Waals surface area contributed by atoms with Gasteiger partial charge in [-0.25, -0.2) is 0 Å². The molecule has 3 rings (SSSR count). The number of methoxy groups -OCH3 is 1. The lowest BCUT2D eigenvalue weighted by Crippen LogP contribution is -2.53. The topological polar surface area (TPSA) is 75.7 Å². The van der Waals surface area contributed by atoms with Crippen molar-refractivity contribution in [3.63, 3.8) is 0 Å². The molecule has 6 nitrogen and oxygen atoms in total. The van der Waals surface area contributed by atoms with Gasteiger partial charge in [0, 0.05) is 13.1 Å². The molecule has 4 atom stereocenters. The zero-order valence-electron chi connectivity index (χ0n) is 13.6. The summed E-state index contributed by atoms with van der Waals surface area (Å²) < 4.78 is 4.88. The number of carbonyl (C=O) groups excluding carboxylic acids is 3. The van der Waals surface area contributed by atoms with Crippen LogP contribution in [0.1, 0.15) is 24.1 Å². The molecule has 1 aromatic carbocycles. The first kappa shape index (κ1) is 15.7. The Morgan fingerprint density at radius 3 is 2.39 bits per heavy atom. The number of hydrogen-bond donors (Lipinski definition) is 1. The van der Waals surface area contributed by atoms with Crippen LogP contribution in [0.5, 0.6) is 0 Å². The van der Waals surface area contributed by atoms with Crippen LogP contribution < -0.4 is 5.32 Å². The van der Waals surface area contributed by atoms with Crippen LogP contribution in [0.15, 0.2) is 24.3 Å². The van der Waals surface area contributed by atoms with Gasteiger partial charge >= 0.3 is 5.97 Å². The summed E-state index contributed by atoms with van der Waals surface area (Å²) in [7, 11) is 2.75. The summed E-state index contributed by atoms with van der Waals surface area (Å²) in [6, 6.07) is 7.34. The van der Waals surface area contributed by atoms with Crippen LogP contribution in [0.4, 0.5) is 0 Å². The lowest BCUT2D eigenvalue weighted by molar-refractivity contribution is -0.152. The van der Waals surface area contributed by atoms with Gasteiger partial charge in [0.05, 0.1) is 18.9 Å². The molecule has 23 heavy (non-hydrogen) atoms. The zero-order chi connectivity index (χ0) is 16.9. The lowest BCUT2D eigenvalue weighted by Gasteiger charge is -2.27. The first-order chi connectivity index (χ1) is 10.8. The highest BCUT2D eigenvalue weighted by Gasteiger charge is 2.66. The van der Waals surface area contributed by atoms with Gasteiger partial charge in [-0.1, -0.05) is 29.8 Å². The minimum atomic E-state index is -1.22. The molecule has 0 radical (unpaired) electrons. The fraction of sp³-hybridized carbons (Fsp3) is 0.471. The molecular formula is C17H20N2O4. The first-order valence-corrected chi connectivity index (χ1v) is 7.55. The normalized spacial score (nSPS) is 33.0. The standard InChI is InChI=1S/C17H20N2O4/c1-9-5-7-10(8-6-9)13-11-12(15(21)19(3)14(11)20)17(2,18-13)16(22)23-4/h5-8,11-13,18H,1-4H3/t11-,12+,13+,17+/m0/s1. The molecule has 0 aliphatic carbocycles. The number of amides is 2. The fourth-order valence-electron chi connectivity index (χ4n) is 3.74. The van der Waals surface area contributed by atoms with Crippen LogP contribution in [0.25, 0.3) is 0 Å². The van der Waals surface area contributed by atoms with Crippen molar-refractivity contribution < 1.29 is 19.1 Å². The first-order valence-electron chi connectivity index (χ1n) is 7.55.